The van der Waals surface area contributed by atoms with Gasteiger partial charge in [0, 0.05) is 16.5 Å². The van der Waals surface area contributed by atoms with Crippen LogP contribution in [0.3, 0.4) is 0 Å². The van der Waals surface area contributed by atoms with Gasteiger partial charge in [-0.2, -0.15) is 0 Å². The average molecular weight is 388 g/mol. The first-order valence-electron chi connectivity index (χ1n) is 6.57. The van der Waals surface area contributed by atoms with Gasteiger partial charge in [0.1, 0.15) is 23.9 Å². The van der Waals surface area contributed by atoms with E-state index in [1.807, 2.05) is 6.07 Å². The van der Waals surface area contributed by atoms with Crippen molar-refractivity contribution >= 4 is 33.5 Å². The van der Waals surface area contributed by atoms with Gasteiger partial charge in [-0.05, 0) is 30.3 Å². The van der Waals surface area contributed by atoms with Crippen LogP contribution in [0.4, 0.5) is 4.39 Å². The molecule has 0 aliphatic rings. The van der Waals surface area contributed by atoms with Crippen molar-refractivity contribution in [3.05, 3.63) is 57.3 Å². The smallest absolute Gasteiger partial charge is 0.310 e. The van der Waals surface area contributed by atoms with Gasteiger partial charge < -0.3 is 9.47 Å². The molecule has 2 aromatic carbocycles. The second kappa shape index (κ2) is 7.61. The highest BCUT2D eigenvalue weighted by Crippen LogP contribution is 2.31. The summed E-state index contributed by atoms with van der Waals surface area (Å²) in [5, 5.41) is 0.180. The van der Waals surface area contributed by atoms with Crippen molar-refractivity contribution in [3.8, 4) is 11.5 Å². The molecule has 0 amide bonds. The molecule has 0 aromatic heterocycles. The summed E-state index contributed by atoms with van der Waals surface area (Å²) < 4.78 is 24.6. The quantitative estimate of drug-likeness (QED) is 0.526. The van der Waals surface area contributed by atoms with Crippen molar-refractivity contribution in [2.75, 3.05) is 0 Å². The van der Waals surface area contributed by atoms with Crippen LogP contribution < -0.4 is 9.47 Å². The third-order valence-corrected chi connectivity index (χ3v) is 3.89. The predicted molar refractivity (Wildman–Crippen MR) is 85.8 cm³/mol. The summed E-state index contributed by atoms with van der Waals surface area (Å²) in [6.45, 7) is 1.84. The first-order chi connectivity index (χ1) is 10.5. The van der Waals surface area contributed by atoms with Crippen LogP contribution in [-0.4, -0.2) is 5.97 Å². The lowest BCUT2D eigenvalue weighted by Gasteiger charge is -2.13. The van der Waals surface area contributed by atoms with Crippen LogP contribution in [0.1, 0.15) is 18.9 Å². The lowest BCUT2D eigenvalue weighted by atomic mass is 10.2. The molecular formula is C16H13BrClFO3. The van der Waals surface area contributed by atoms with Crippen LogP contribution in [0.25, 0.3) is 0 Å². The van der Waals surface area contributed by atoms with E-state index in [9.17, 15) is 9.18 Å². The highest BCUT2D eigenvalue weighted by Gasteiger charge is 2.13. The third kappa shape index (κ3) is 4.21. The maximum atomic E-state index is 13.0. The molecule has 0 heterocycles. The van der Waals surface area contributed by atoms with E-state index in [4.69, 9.17) is 21.1 Å². The van der Waals surface area contributed by atoms with Gasteiger partial charge in [0.25, 0.3) is 0 Å². The lowest BCUT2D eigenvalue weighted by molar-refractivity contribution is -0.134. The van der Waals surface area contributed by atoms with Crippen molar-refractivity contribution in [1.82, 2.24) is 0 Å². The number of carbonyl (C=O) groups excluding carboxylic acids is 1. The fourth-order valence-corrected chi connectivity index (χ4v) is 2.40. The molecule has 2 rings (SSSR count). The molecule has 0 saturated heterocycles. The minimum Gasteiger partial charge on any atom is -0.487 e. The van der Waals surface area contributed by atoms with E-state index in [-0.39, 0.29) is 24.0 Å². The maximum Gasteiger partial charge on any atom is 0.310 e. The Labute approximate surface area is 141 Å². The van der Waals surface area contributed by atoms with Gasteiger partial charge in [-0.3, -0.25) is 4.79 Å². The molecule has 0 radical (unpaired) electrons. The van der Waals surface area contributed by atoms with Gasteiger partial charge in [-0.15, -0.1) is 0 Å². The van der Waals surface area contributed by atoms with E-state index in [0.29, 0.717) is 17.1 Å². The van der Waals surface area contributed by atoms with Crippen LogP contribution in [-0.2, 0) is 11.4 Å². The number of halogens is 3. The average Bonchev–Trinajstić information content (AvgIpc) is 2.48. The van der Waals surface area contributed by atoms with E-state index in [0.717, 1.165) is 4.47 Å². The van der Waals surface area contributed by atoms with Crippen molar-refractivity contribution in [2.45, 2.75) is 20.0 Å². The minimum atomic E-state index is -0.434. The molecule has 0 bridgehead atoms. The van der Waals surface area contributed by atoms with Crippen molar-refractivity contribution in [2.24, 2.45) is 0 Å². The zero-order chi connectivity index (χ0) is 16.1. The summed E-state index contributed by atoms with van der Waals surface area (Å²) in [5.41, 5.74) is 0.671. The normalized spacial score (nSPS) is 10.4. The molecule has 0 N–H and O–H groups in total. The van der Waals surface area contributed by atoms with E-state index in [2.05, 4.69) is 15.9 Å². The molecule has 3 nitrogen and oxygen atoms in total. The number of ether oxygens (including phenoxy) is 2. The monoisotopic (exact) mass is 386 g/mol. The second-order valence-electron chi connectivity index (χ2n) is 4.41. The van der Waals surface area contributed by atoms with Gasteiger partial charge >= 0.3 is 5.97 Å². The fraction of sp³-hybridized carbons (Fsp3) is 0.188. The minimum absolute atomic E-state index is 0.124. The highest BCUT2D eigenvalue weighted by atomic mass is 79.9. The van der Waals surface area contributed by atoms with Crippen molar-refractivity contribution in [1.29, 1.82) is 0 Å². The lowest BCUT2D eigenvalue weighted by Crippen LogP contribution is -2.09. The predicted octanol–water partition coefficient (Wildman–Crippen LogP) is 5.14. The van der Waals surface area contributed by atoms with E-state index >= 15 is 0 Å². The summed E-state index contributed by atoms with van der Waals surface area (Å²) in [6.07, 6.45) is 0.274. The van der Waals surface area contributed by atoms with E-state index in [1.54, 1.807) is 19.1 Å². The third-order valence-electron chi connectivity index (χ3n) is 2.85. The molecule has 0 aliphatic carbocycles. The Morgan fingerprint density at radius 1 is 1.27 bits per heavy atom. The van der Waals surface area contributed by atoms with Crippen LogP contribution >= 0.6 is 27.5 Å². The molecule has 0 unspecified atom stereocenters. The van der Waals surface area contributed by atoms with Gasteiger partial charge in [-0.1, -0.05) is 40.5 Å². The highest BCUT2D eigenvalue weighted by molar-refractivity contribution is 9.10. The number of hydrogen-bond acceptors (Lipinski definition) is 3. The maximum absolute atomic E-state index is 13.0. The SMILES string of the molecule is CCC(=O)Oc1cccc(Br)c1COc1ccc(F)cc1Cl. The van der Waals surface area contributed by atoms with Gasteiger partial charge in [-0.25, -0.2) is 4.39 Å². The van der Waals surface area contributed by atoms with Gasteiger partial charge in [0.05, 0.1) is 5.02 Å². The van der Waals surface area contributed by atoms with E-state index < -0.39 is 5.82 Å². The summed E-state index contributed by atoms with van der Waals surface area (Å²) in [4.78, 5) is 11.5. The Bertz CT molecular complexity index is 691. The number of hydrogen-bond donors (Lipinski definition) is 0. The molecule has 0 aliphatic heterocycles. The fourth-order valence-electron chi connectivity index (χ4n) is 1.71. The Balaban J connectivity index is 2.19. The molecule has 0 saturated carbocycles. The van der Waals surface area contributed by atoms with Crippen LogP contribution in [0, 0.1) is 5.82 Å². The van der Waals surface area contributed by atoms with Crippen molar-refractivity contribution < 1.29 is 18.7 Å². The van der Waals surface area contributed by atoms with E-state index in [1.165, 1.54) is 18.2 Å². The van der Waals surface area contributed by atoms with Crippen molar-refractivity contribution in [3.63, 3.8) is 0 Å². The summed E-state index contributed by atoms with van der Waals surface area (Å²) in [5.74, 6) is 0.000943. The largest absolute Gasteiger partial charge is 0.487 e. The summed E-state index contributed by atoms with van der Waals surface area (Å²) in [6, 6.07) is 9.15. The molecule has 0 fully saturated rings. The van der Waals surface area contributed by atoms with Crippen LogP contribution in [0.5, 0.6) is 11.5 Å². The second-order valence-corrected chi connectivity index (χ2v) is 5.67. The van der Waals surface area contributed by atoms with Gasteiger partial charge in [0.2, 0.25) is 0 Å². The zero-order valence-corrected chi connectivity index (χ0v) is 14.1. The standard InChI is InChI=1S/C16H13BrClFO3/c1-2-16(20)22-14-5-3-4-12(17)11(14)9-21-15-7-6-10(19)8-13(15)18/h3-8H,2,9H2,1H3. The topological polar surface area (TPSA) is 35.5 Å². The molecule has 6 heteroatoms. The Hall–Kier alpha value is -1.59. The zero-order valence-electron chi connectivity index (χ0n) is 11.7. The van der Waals surface area contributed by atoms with Crippen LogP contribution in [0.2, 0.25) is 5.02 Å². The Morgan fingerprint density at radius 2 is 2.05 bits per heavy atom. The molecule has 0 spiro atoms. The molecular weight excluding hydrogens is 375 g/mol. The molecule has 0 atom stereocenters. The first kappa shape index (κ1) is 16.8. The first-order valence-corrected chi connectivity index (χ1v) is 7.74. The number of benzene rings is 2. The summed E-state index contributed by atoms with van der Waals surface area (Å²) in [7, 11) is 0. The Kier molecular flexibility index (Phi) is 5.80. The van der Waals surface area contributed by atoms with Gasteiger partial charge in [0.15, 0.2) is 0 Å². The molecule has 2 aromatic rings. The number of rotatable bonds is 5. The molecule has 22 heavy (non-hydrogen) atoms. The van der Waals surface area contributed by atoms with Crippen LogP contribution in [0.15, 0.2) is 40.9 Å². The Morgan fingerprint density at radius 3 is 2.73 bits per heavy atom. The number of carbonyl (C=O) groups is 1. The number of esters is 1. The summed E-state index contributed by atoms with van der Waals surface area (Å²) >= 11 is 9.32. The molecule has 116 valence electrons.